The Hall–Kier alpha value is -0.436. The van der Waals surface area contributed by atoms with E-state index in [4.69, 9.17) is 4.43 Å². The van der Waals surface area contributed by atoms with Crippen LogP contribution >= 0.6 is 0 Å². The largest absolute Gasteiger partial charge is 0.406 e. The number of hydrogen-bond acceptors (Lipinski definition) is 2. The summed E-state index contributed by atoms with van der Waals surface area (Å²) in [5.74, 6) is 0. The van der Waals surface area contributed by atoms with Crippen LogP contribution in [0.3, 0.4) is 0 Å². The highest BCUT2D eigenvalue weighted by Crippen LogP contribution is 2.37. The fourth-order valence-corrected chi connectivity index (χ4v) is 4.65. The van der Waals surface area contributed by atoms with Crippen LogP contribution in [0.5, 0.6) is 0 Å². The van der Waals surface area contributed by atoms with Gasteiger partial charge in [-0.15, -0.1) is 4.68 Å². The van der Waals surface area contributed by atoms with E-state index < -0.39 is 16.6 Å². The van der Waals surface area contributed by atoms with Crippen LogP contribution in [0.15, 0.2) is 18.5 Å². The minimum Gasteiger partial charge on any atom is -0.406 e. The standard InChI is InChI=1S/C18H39N3OSi2/c1-17(2,3)23(7,8)20-14-16(15-21-13-11-12-19-21)22-24(9,10)18(4,5)6/h11-13,16,20H,14-15H2,1-10H3/p+1/t16-/m1/s1. The Balaban J connectivity index is 2.86. The average Bonchev–Trinajstić information content (AvgIpc) is 2.85. The van der Waals surface area contributed by atoms with Crippen molar-refractivity contribution < 1.29 is 9.11 Å². The van der Waals surface area contributed by atoms with Crippen molar-refractivity contribution in [2.75, 3.05) is 6.54 Å². The van der Waals surface area contributed by atoms with E-state index in [1.165, 1.54) is 0 Å². The molecule has 0 unspecified atom stereocenters. The van der Waals surface area contributed by atoms with E-state index in [0.29, 0.717) is 5.04 Å². The molecular formula is C18H40N3OSi2+. The molecule has 0 amide bonds. The molecule has 0 bridgehead atoms. The molecule has 1 aromatic heterocycles. The summed E-state index contributed by atoms with van der Waals surface area (Å²) < 4.78 is 8.86. The summed E-state index contributed by atoms with van der Waals surface area (Å²) in [7, 11) is -3.32. The molecule has 0 aromatic carbocycles. The molecule has 0 saturated carbocycles. The fraction of sp³-hybridized carbons (Fsp3) is 0.833. The molecule has 1 rings (SSSR count). The fourth-order valence-electron chi connectivity index (χ4n) is 2.03. The minimum atomic E-state index is -1.80. The Labute approximate surface area is 151 Å². The third-order valence-corrected chi connectivity index (χ3v) is 15.3. The monoisotopic (exact) mass is 370 g/mol. The Bertz CT molecular complexity index is 499. The molecule has 1 aromatic rings. The summed E-state index contributed by atoms with van der Waals surface area (Å²) in [4.78, 5) is 3.89. The van der Waals surface area contributed by atoms with Gasteiger partial charge in [-0.25, -0.2) is 0 Å². The molecular weight excluding hydrogens is 330 g/mol. The van der Waals surface area contributed by atoms with Crippen LogP contribution in [0, 0.1) is 0 Å². The highest BCUT2D eigenvalue weighted by molar-refractivity contribution is 6.77. The zero-order valence-corrected chi connectivity index (χ0v) is 19.6. The number of aromatic nitrogens is 2. The lowest BCUT2D eigenvalue weighted by atomic mass is 10.2. The van der Waals surface area contributed by atoms with Gasteiger partial charge in [-0.3, -0.25) is 0 Å². The van der Waals surface area contributed by atoms with Crippen molar-refractivity contribution in [2.24, 2.45) is 0 Å². The second-order valence-corrected chi connectivity index (χ2v) is 19.9. The van der Waals surface area contributed by atoms with Gasteiger partial charge in [0, 0.05) is 12.6 Å². The van der Waals surface area contributed by atoms with Gasteiger partial charge >= 0.3 is 0 Å². The van der Waals surface area contributed by atoms with Crippen molar-refractivity contribution in [3.8, 4) is 0 Å². The third kappa shape index (κ3) is 5.83. The number of nitrogens with one attached hydrogen (secondary N) is 2. The molecule has 0 saturated heterocycles. The van der Waals surface area contributed by atoms with Gasteiger partial charge in [0.2, 0.25) is 0 Å². The van der Waals surface area contributed by atoms with E-state index in [2.05, 4.69) is 88.7 Å². The predicted molar refractivity (Wildman–Crippen MR) is 108 cm³/mol. The van der Waals surface area contributed by atoms with Crippen molar-refractivity contribution in [3.05, 3.63) is 18.5 Å². The third-order valence-electron chi connectivity index (χ3n) is 5.92. The quantitative estimate of drug-likeness (QED) is 0.555. The minimum absolute atomic E-state index is 0.184. The van der Waals surface area contributed by atoms with Crippen LogP contribution in [0.4, 0.5) is 0 Å². The van der Waals surface area contributed by atoms with E-state index in [-0.39, 0.29) is 11.1 Å². The summed E-state index contributed by atoms with van der Waals surface area (Å²) in [5, 5.41) is 3.81. The van der Waals surface area contributed by atoms with E-state index in [1.54, 1.807) is 0 Å². The highest BCUT2D eigenvalue weighted by atomic mass is 28.4. The Kier molecular flexibility index (Phi) is 6.69. The van der Waals surface area contributed by atoms with Gasteiger partial charge in [0.25, 0.3) is 0 Å². The maximum atomic E-state index is 6.74. The number of nitrogens with zero attached hydrogens (tertiary/aromatic N) is 1. The second kappa shape index (κ2) is 7.44. The first-order valence-electron chi connectivity index (χ1n) is 9.11. The van der Waals surface area contributed by atoms with Crippen molar-refractivity contribution in [3.63, 3.8) is 0 Å². The van der Waals surface area contributed by atoms with Gasteiger partial charge in [0.15, 0.2) is 21.1 Å². The lowest BCUT2D eigenvalue weighted by molar-refractivity contribution is -0.754. The number of rotatable bonds is 7. The molecule has 1 heterocycles. The van der Waals surface area contributed by atoms with Crippen molar-refractivity contribution >= 4 is 16.6 Å². The highest BCUT2D eigenvalue weighted by Gasteiger charge is 2.41. The first-order valence-corrected chi connectivity index (χ1v) is 15.0. The average molecular weight is 371 g/mol. The van der Waals surface area contributed by atoms with Crippen molar-refractivity contribution in [1.29, 1.82) is 0 Å². The number of aromatic amines is 1. The summed E-state index contributed by atoms with van der Waals surface area (Å²) in [5.41, 5.74) is 0. The van der Waals surface area contributed by atoms with E-state index in [0.717, 1.165) is 13.1 Å². The predicted octanol–water partition coefficient (Wildman–Crippen LogP) is 4.29. The summed E-state index contributed by atoms with van der Waals surface area (Å²) in [6.45, 7) is 25.2. The molecule has 0 radical (unpaired) electrons. The molecule has 140 valence electrons. The molecule has 0 spiro atoms. The zero-order chi connectivity index (χ0) is 18.8. The molecule has 4 nitrogen and oxygen atoms in total. The molecule has 0 aliphatic heterocycles. The maximum absolute atomic E-state index is 6.74. The Morgan fingerprint density at radius 2 is 1.62 bits per heavy atom. The first kappa shape index (κ1) is 21.6. The van der Waals surface area contributed by atoms with Gasteiger partial charge in [0.1, 0.15) is 14.3 Å². The van der Waals surface area contributed by atoms with Gasteiger partial charge < -0.3 is 9.41 Å². The van der Waals surface area contributed by atoms with Crippen LogP contribution in [-0.4, -0.2) is 34.3 Å². The molecule has 2 N–H and O–H groups in total. The molecule has 24 heavy (non-hydrogen) atoms. The van der Waals surface area contributed by atoms with Crippen LogP contribution in [0.2, 0.25) is 36.3 Å². The Morgan fingerprint density at radius 3 is 2.04 bits per heavy atom. The smallest absolute Gasteiger partial charge is 0.197 e. The second-order valence-electron chi connectivity index (χ2n) is 10.0. The molecule has 0 fully saturated rings. The van der Waals surface area contributed by atoms with Crippen LogP contribution in [-0.2, 0) is 11.0 Å². The van der Waals surface area contributed by atoms with Gasteiger partial charge in [-0.1, -0.05) is 54.6 Å². The van der Waals surface area contributed by atoms with Gasteiger partial charge in [-0.2, -0.15) is 5.10 Å². The van der Waals surface area contributed by atoms with Crippen LogP contribution < -0.4 is 9.66 Å². The summed E-state index contributed by atoms with van der Waals surface area (Å²) >= 11 is 0. The topological polar surface area (TPSA) is 40.9 Å². The number of hydrogen-bond donors (Lipinski definition) is 2. The van der Waals surface area contributed by atoms with E-state index >= 15 is 0 Å². The SMILES string of the molecule is CC(C)(C)[Si](C)(C)NC[C@H](C[n+]1ccc[nH]1)O[Si](C)(C)C(C)(C)C. The molecule has 1 atom stereocenters. The van der Waals surface area contributed by atoms with Crippen LogP contribution in [0.25, 0.3) is 0 Å². The van der Waals surface area contributed by atoms with Crippen LogP contribution in [0.1, 0.15) is 41.5 Å². The molecule has 0 aliphatic rings. The van der Waals surface area contributed by atoms with Gasteiger partial charge in [0.05, 0.1) is 6.20 Å². The first-order chi connectivity index (χ1) is 10.7. The number of H-pyrrole nitrogens is 1. The molecule has 6 heteroatoms. The van der Waals surface area contributed by atoms with Crippen molar-refractivity contribution in [1.82, 2.24) is 10.1 Å². The Morgan fingerprint density at radius 1 is 1.04 bits per heavy atom. The van der Waals surface area contributed by atoms with E-state index in [9.17, 15) is 0 Å². The summed E-state index contributed by atoms with van der Waals surface area (Å²) in [6.07, 6.45) is 4.22. The summed E-state index contributed by atoms with van der Waals surface area (Å²) in [6, 6.07) is 2.03. The lowest BCUT2D eigenvalue weighted by Crippen LogP contribution is -2.58. The molecule has 0 aliphatic carbocycles. The lowest BCUT2D eigenvalue weighted by Gasteiger charge is -2.41. The normalized spacial score (nSPS) is 15.6. The van der Waals surface area contributed by atoms with Gasteiger partial charge in [-0.05, 0) is 23.2 Å². The maximum Gasteiger partial charge on any atom is 0.197 e. The van der Waals surface area contributed by atoms with Crippen molar-refractivity contribution in [2.45, 2.75) is 90.5 Å². The van der Waals surface area contributed by atoms with E-state index in [1.807, 2.05) is 12.3 Å². The zero-order valence-electron chi connectivity index (χ0n) is 17.6.